The Hall–Kier alpha value is -1.77. The monoisotopic (exact) mass is 243 g/mol. The van der Waals surface area contributed by atoms with Gasteiger partial charge in [0.15, 0.2) is 0 Å². The lowest BCUT2D eigenvalue weighted by molar-refractivity contribution is 0.660. The predicted octanol–water partition coefficient (Wildman–Crippen LogP) is 3.44. The fourth-order valence-corrected chi connectivity index (χ4v) is 2.31. The van der Waals surface area contributed by atoms with Crippen molar-refractivity contribution in [2.45, 2.75) is 40.8 Å². The number of aryl methyl sites for hydroxylation is 4. The molecule has 0 aliphatic heterocycles. The van der Waals surface area contributed by atoms with E-state index < -0.39 is 0 Å². The summed E-state index contributed by atoms with van der Waals surface area (Å²) in [5, 5.41) is 7.69. The van der Waals surface area contributed by atoms with E-state index in [1.54, 1.807) is 0 Å². The summed E-state index contributed by atoms with van der Waals surface area (Å²) in [5.74, 6) is 0. The molecule has 1 N–H and O–H groups in total. The SMILES string of the molecule is CCn1cc(NCc2c(C)cc(C)cc2C)cn1. The number of rotatable bonds is 4. The first kappa shape index (κ1) is 12.7. The van der Waals surface area contributed by atoms with Crippen LogP contribution in [-0.2, 0) is 13.1 Å². The molecule has 0 fully saturated rings. The molecule has 1 aromatic carbocycles. The molecule has 0 unspecified atom stereocenters. The Balaban J connectivity index is 2.10. The third-order valence-electron chi connectivity index (χ3n) is 3.27. The first-order valence-electron chi connectivity index (χ1n) is 6.43. The minimum absolute atomic E-state index is 0.855. The maximum atomic E-state index is 4.26. The van der Waals surface area contributed by atoms with Crippen LogP contribution in [0.4, 0.5) is 5.69 Å². The molecule has 3 nitrogen and oxygen atoms in total. The fourth-order valence-electron chi connectivity index (χ4n) is 2.31. The number of anilines is 1. The molecular formula is C15H21N3. The summed E-state index contributed by atoms with van der Waals surface area (Å²) in [7, 11) is 0. The van der Waals surface area contributed by atoms with Gasteiger partial charge in [-0.3, -0.25) is 4.68 Å². The highest BCUT2D eigenvalue weighted by Crippen LogP contribution is 2.18. The van der Waals surface area contributed by atoms with Crippen molar-refractivity contribution in [1.29, 1.82) is 0 Å². The van der Waals surface area contributed by atoms with Crippen LogP contribution in [0.2, 0.25) is 0 Å². The number of hydrogen-bond acceptors (Lipinski definition) is 2. The first-order valence-corrected chi connectivity index (χ1v) is 6.43. The number of benzene rings is 1. The summed E-state index contributed by atoms with van der Waals surface area (Å²) in [6, 6.07) is 4.47. The van der Waals surface area contributed by atoms with Crippen LogP contribution in [0.3, 0.4) is 0 Å². The van der Waals surface area contributed by atoms with Crippen molar-refractivity contribution in [1.82, 2.24) is 9.78 Å². The van der Waals surface area contributed by atoms with Gasteiger partial charge in [-0.05, 0) is 44.4 Å². The molecule has 2 aromatic rings. The van der Waals surface area contributed by atoms with Gasteiger partial charge in [0, 0.05) is 19.3 Å². The van der Waals surface area contributed by atoms with Crippen LogP contribution in [0.5, 0.6) is 0 Å². The molecule has 0 radical (unpaired) electrons. The van der Waals surface area contributed by atoms with Crippen molar-refractivity contribution in [3.63, 3.8) is 0 Å². The third-order valence-corrected chi connectivity index (χ3v) is 3.27. The van der Waals surface area contributed by atoms with Gasteiger partial charge in [0.1, 0.15) is 0 Å². The lowest BCUT2D eigenvalue weighted by Crippen LogP contribution is -2.03. The highest BCUT2D eigenvalue weighted by molar-refractivity contribution is 5.43. The molecule has 1 aromatic heterocycles. The first-order chi connectivity index (χ1) is 8.60. The van der Waals surface area contributed by atoms with Gasteiger partial charge in [-0.2, -0.15) is 5.10 Å². The van der Waals surface area contributed by atoms with Gasteiger partial charge in [-0.25, -0.2) is 0 Å². The van der Waals surface area contributed by atoms with Gasteiger partial charge >= 0.3 is 0 Å². The lowest BCUT2D eigenvalue weighted by Gasteiger charge is -2.12. The van der Waals surface area contributed by atoms with Gasteiger partial charge in [0.05, 0.1) is 11.9 Å². The number of aromatic nitrogens is 2. The second-order valence-electron chi connectivity index (χ2n) is 4.82. The smallest absolute Gasteiger partial charge is 0.0729 e. The minimum atomic E-state index is 0.855. The quantitative estimate of drug-likeness (QED) is 0.891. The third kappa shape index (κ3) is 2.73. The Morgan fingerprint density at radius 2 is 1.83 bits per heavy atom. The van der Waals surface area contributed by atoms with E-state index in [-0.39, 0.29) is 0 Å². The number of hydrogen-bond donors (Lipinski definition) is 1. The summed E-state index contributed by atoms with van der Waals surface area (Å²) in [4.78, 5) is 0. The van der Waals surface area contributed by atoms with Crippen LogP contribution < -0.4 is 5.32 Å². The molecule has 1 heterocycles. The molecule has 0 amide bonds. The summed E-state index contributed by atoms with van der Waals surface area (Å²) in [6.45, 7) is 10.3. The molecule has 2 rings (SSSR count). The Kier molecular flexibility index (Phi) is 3.70. The average molecular weight is 243 g/mol. The van der Waals surface area contributed by atoms with E-state index in [9.17, 15) is 0 Å². The molecule has 0 saturated carbocycles. The average Bonchev–Trinajstić information content (AvgIpc) is 2.75. The van der Waals surface area contributed by atoms with Crippen LogP contribution >= 0.6 is 0 Å². The van der Waals surface area contributed by atoms with Crippen molar-refractivity contribution < 1.29 is 0 Å². The highest BCUT2D eigenvalue weighted by atomic mass is 15.3. The fraction of sp³-hybridized carbons (Fsp3) is 0.400. The van der Waals surface area contributed by atoms with E-state index >= 15 is 0 Å². The van der Waals surface area contributed by atoms with E-state index in [4.69, 9.17) is 0 Å². The molecule has 96 valence electrons. The molecule has 0 aliphatic rings. The Bertz CT molecular complexity index is 517. The van der Waals surface area contributed by atoms with Crippen LogP contribution in [0.15, 0.2) is 24.5 Å². The van der Waals surface area contributed by atoms with Crippen molar-refractivity contribution in [3.05, 3.63) is 46.8 Å². The Labute approximate surface area is 109 Å². The molecular weight excluding hydrogens is 222 g/mol. The standard InChI is InChI=1S/C15H21N3/c1-5-18-10-14(8-17-18)16-9-15-12(3)6-11(2)7-13(15)4/h6-8,10,16H,5,9H2,1-4H3. The van der Waals surface area contributed by atoms with E-state index in [0.717, 1.165) is 18.8 Å². The van der Waals surface area contributed by atoms with Crippen LogP contribution in [0.1, 0.15) is 29.2 Å². The van der Waals surface area contributed by atoms with Gasteiger partial charge in [-0.15, -0.1) is 0 Å². The van der Waals surface area contributed by atoms with Gasteiger partial charge < -0.3 is 5.32 Å². The molecule has 0 saturated heterocycles. The molecule has 0 aliphatic carbocycles. The van der Waals surface area contributed by atoms with E-state index in [1.165, 1.54) is 22.3 Å². The van der Waals surface area contributed by atoms with Gasteiger partial charge in [-0.1, -0.05) is 17.7 Å². The van der Waals surface area contributed by atoms with Crippen LogP contribution in [-0.4, -0.2) is 9.78 Å². The topological polar surface area (TPSA) is 29.9 Å². The summed E-state index contributed by atoms with van der Waals surface area (Å²) in [6.07, 6.45) is 3.92. The summed E-state index contributed by atoms with van der Waals surface area (Å²) >= 11 is 0. The van der Waals surface area contributed by atoms with Crippen LogP contribution in [0, 0.1) is 20.8 Å². The number of nitrogens with zero attached hydrogens (tertiary/aromatic N) is 2. The van der Waals surface area contributed by atoms with Gasteiger partial charge in [0.25, 0.3) is 0 Å². The Morgan fingerprint density at radius 3 is 2.39 bits per heavy atom. The van der Waals surface area contributed by atoms with Crippen molar-refractivity contribution in [2.75, 3.05) is 5.32 Å². The van der Waals surface area contributed by atoms with E-state index in [1.807, 2.05) is 17.1 Å². The normalized spacial score (nSPS) is 10.7. The second kappa shape index (κ2) is 5.25. The zero-order chi connectivity index (χ0) is 13.1. The molecule has 0 atom stereocenters. The number of nitrogens with one attached hydrogen (secondary N) is 1. The highest BCUT2D eigenvalue weighted by Gasteiger charge is 2.04. The minimum Gasteiger partial charge on any atom is -0.378 e. The predicted molar refractivity (Wildman–Crippen MR) is 75.9 cm³/mol. The Morgan fingerprint density at radius 1 is 1.17 bits per heavy atom. The van der Waals surface area contributed by atoms with E-state index in [0.29, 0.717) is 0 Å². The molecule has 18 heavy (non-hydrogen) atoms. The molecule has 3 heteroatoms. The second-order valence-corrected chi connectivity index (χ2v) is 4.82. The van der Waals surface area contributed by atoms with Crippen molar-refractivity contribution in [3.8, 4) is 0 Å². The zero-order valence-electron chi connectivity index (χ0n) is 11.6. The van der Waals surface area contributed by atoms with Gasteiger partial charge in [0.2, 0.25) is 0 Å². The summed E-state index contributed by atoms with van der Waals surface area (Å²) in [5.41, 5.74) is 6.49. The molecule has 0 bridgehead atoms. The molecule has 0 spiro atoms. The lowest BCUT2D eigenvalue weighted by atomic mass is 10.00. The maximum absolute atomic E-state index is 4.26. The summed E-state index contributed by atoms with van der Waals surface area (Å²) < 4.78 is 1.93. The maximum Gasteiger partial charge on any atom is 0.0729 e. The zero-order valence-corrected chi connectivity index (χ0v) is 11.6. The largest absolute Gasteiger partial charge is 0.378 e. The van der Waals surface area contributed by atoms with Crippen molar-refractivity contribution >= 4 is 5.69 Å². The van der Waals surface area contributed by atoms with Crippen molar-refractivity contribution in [2.24, 2.45) is 0 Å². The van der Waals surface area contributed by atoms with E-state index in [2.05, 4.69) is 50.2 Å². The van der Waals surface area contributed by atoms with Crippen LogP contribution in [0.25, 0.3) is 0 Å².